The molecule has 1 aromatic heterocycles. The van der Waals surface area contributed by atoms with Gasteiger partial charge >= 0.3 is 0 Å². The quantitative estimate of drug-likeness (QED) is 0.909. The first-order chi connectivity index (χ1) is 9.63. The van der Waals surface area contributed by atoms with Gasteiger partial charge in [0, 0.05) is 18.7 Å². The Morgan fingerprint density at radius 2 is 2.00 bits per heavy atom. The van der Waals surface area contributed by atoms with E-state index in [1.165, 1.54) is 11.1 Å². The van der Waals surface area contributed by atoms with E-state index in [0.29, 0.717) is 6.54 Å². The van der Waals surface area contributed by atoms with Crippen molar-refractivity contribution in [2.24, 2.45) is 0 Å². The van der Waals surface area contributed by atoms with Crippen LogP contribution in [0.1, 0.15) is 17.5 Å². The van der Waals surface area contributed by atoms with Gasteiger partial charge in [0.2, 0.25) is 0 Å². The number of hydrogen-bond donors (Lipinski definition) is 1. The third-order valence-corrected chi connectivity index (χ3v) is 3.81. The van der Waals surface area contributed by atoms with Crippen molar-refractivity contribution in [1.82, 2.24) is 10.2 Å². The van der Waals surface area contributed by atoms with Crippen molar-refractivity contribution in [3.8, 4) is 11.3 Å². The predicted octanol–water partition coefficient (Wildman–Crippen LogP) is 2.33. The Hall–Kier alpha value is -1.94. The van der Waals surface area contributed by atoms with Crippen molar-refractivity contribution in [3.05, 3.63) is 41.5 Å². The molecule has 1 aliphatic heterocycles. The molecular formula is C16H19N3O. The summed E-state index contributed by atoms with van der Waals surface area (Å²) >= 11 is 0. The fourth-order valence-corrected chi connectivity index (χ4v) is 2.60. The third-order valence-electron chi connectivity index (χ3n) is 3.81. The molecule has 0 aliphatic carbocycles. The van der Waals surface area contributed by atoms with Gasteiger partial charge < -0.3 is 10.0 Å². The van der Waals surface area contributed by atoms with Crippen molar-refractivity contribution in [1.29, 1.82) is 0 Å². The van der Waals surface area contributed by atoms with E-state index in [1.807, 2.05) is 12.1 Å². The lowest BCUT2D eigenvalue weighted by Gasteiger charge is -2.16. The van der Waals surface area contributed by atoms with Gasteiger partial charge in [0.25, 0.3) is 0 Å². The van der Waals surface area contributed by atoms with Crippen LogP contribution in [0.2, 0.25) is 0 Å². The molecular weight excluding hydrogens is 250 g/mol. The highest BCUT2D eigenvalue weighted by molar-refractivity contribution is 5.64. The Kier molecular flexibility index (Phi) is 3.40. The molecule has 4 heteroatoms. The molecule has 0 radical (unpaired) electrons. The number of nitrogens with zero attached hydrogens (tertiary/aromatic N) is 3. The third kappa shape index (κ3) is 2.51. The molecule has 1 N–H and O–H groups in total. The molecule has 0 bridgehead atoms. The van der Waals surface area contributed by atoms with E-state index >= 15 is 0 Å². The van der Waals surface area contributed by atoms with Crippen LogP contribution < -0.4 is 4.90 Å². The minimum Gasteiger partial charge on any atom is -0.391 e. The molecule has 3 rings (SSSR count). The first kappa shape index (κ1) is 13.1. The molecule has 2 heterocycles. The minimum absolute atomic E-state index is 0.240. The highest BCUT2D eigenvalue weighted by Crippen LogP contribution is 2.24. The number of anilines is 1. The van der Waals surface area contributed by atoms with E-state index < -0.39 is 0 Å². The van der Waals surface area contributed by atoms with Crippen LogP contribution in [0.15, 0.2) is 30.3 Å². The first-order valence-corrected chi connectivity index (χ1v) is 6.98. The average molecular weight is 269 g/mol. The van der Waals surface area contributed by atoms with E-state index in [0.717, 1.165) is 30.0 Å². The summed E-state index contributed by atoms with van der Waals surface area (Å²) in [6.07, 6.45) is 0.566. The second kappa shape index (κ2) is 5.21. The standard InChI is InChI=1S/C16H19N3O/c1-11-3-4-12(2)14(9-11)15-5-6-16(18-17-15)19-8-7-13(20)10-19/h3-6,9,13,20H,7-8,10H2,1-2H3. The monoisotopic (exact) mass is 269 g/mol. The van der Waals surface area contributed by atoms with Gasteiger partial charge in [-0.2, -0.15) is 0 Å². The summed E-state index contributed by atoms with van der Waals surface area (Å²) in [6, 6.07) is 10.3. The van der Waals surface area contributed by atoms with E-state index in [-0.39, 0.29) is 6.10 Å². The molecule has 4 nitrogen and oxygen atoms in total. The van der Waals surface area contributed by atoms with Crippen LogP contribution in [0.3, 0.4) is 0 Å². The summed E-state index contributed by atoms with van der Waals surface area (Å²) in [5.74, 6) is 0.843. The Bertz CT molecular complexity index is 610. The van der Waals surface area contributed by atoms with Crippen molar-refractivity contribution in [2.45, 2.75) is 26.4 Å². The lowest BCUT2D eigenvalue weighted by Crippen LogP contribution is -2.22. The van der Waals surface area contributed by atoms with E-state index in [4.69, 9.17) is 0 Å². The number of aliphatic hydroxyl groups is 1. The van der Waals surface area contributed by atoms with Gasteiger partial charge in [-0.05, 0) is 44.0 Å². The Labute approximate surface area is 119 Å². The molecule has 20 heavy (non-hydrogen) atoms. The van der Waals surface area contributed by atoms with Gasteiger partial charge in [0.1, 0.15) is 0 Å². The smallest absolute Gasteiger partial charge is 0.151 e. The lowest BCUT2D eigenvalue weighted by atomic mass is 10.0. The number of aliphatic hydroxyl groups excluding tert-OH is 1. The number of β-amino-alcohol motifs (C(OH)–C–C–N with tert-alkyl or cyclic N) is 1. The highest BCUT2D eigenvalue weighted by atomic mass is 16.3. The molecule has 2 aromatic rings. The Morgan fingerprint density at radius 1 is 1.15 bits per heavy atom. The van der Waals surface area contributed by atoms with E-state index in [1.54, 1.807) is 0 Å². The summed E-state index contributed by atoms with van der Waals surface area (Å²) in [5.41, 5.74) is 4.45. The van der Waals surface area contributed by atoms with Gasteiger partial charge in [-0.25, -0.2) is 0 Å². The van der Waals surface area contributed by atoms with Crippen LogP contribution in [-0.2, 0) is 0 Å². The molecule has 0 saturated carbocycles. The van der Waals surface area contributed by atoms with Gasteiger partial charge in [-0.3, -0.25) is 0 Å². The molecule has 1 unspecified atom stereocenters. The van der Waals surface area contributed by atoms with E-state index in [9.17, 15) is 5.11 Å². The molecule has 1 saturated heterocycles. The summed E-state index contributed by atoms with van der Waals surface area (Å²) < 4.78 is 0. The topological polar surface area (TPSA) is 49.2 Å². The maximum absolute atomic E-state index is 9.57. The fourth-order valence-electron chi connectivity index (χ4n) is 2.60. The largest absolute Gasteiger partial charge is 0.391 e. The predicted molar refractivity (Wildman–Crippen MR) is 79.8 cm³/mol. The van der Waals surface area contributed by atoms with Crippen LogP contribution in [0.4, 0.5) is 5.82 Å². The maximum atomic E-state index is 9.57. The number of hydrogen-bond acceptors (Lipinski definition) is 4. The number of rotatable bonds is 2. The zero-order valence-electron chi connectivity index (χ0n) is 11.9. The second-order valence-electron chi connectivity index (χ2n) is 5.48. The molecule has 1 aliphatic rings. The Morgan fingerprint density at radius 3 is 2.65 bits per heavy atom. The van der Waals surface area contributed by atoms with Crippen molar-refractivity contribution in [3.63, 3.8) is 0 Å². The number of aromatic nitrogens is 2. The molecule has 1 aromatic carbocycles. The van der Waals surface area contributed by atoms with Crippen LogP contribution in [-0.4, -0.2) is 34.5 Å². The zero-order valence-corrected chi connectivity index (χ0v) is 11.9. The van der Waals surface area contributed by atoms with Gasteiger partial charge in [-0.15, -0.1) is 10.2 Å². The van der Waals surface area contributed by atoms with Gasteiger partial charge in [0.15, 0.2) is 5.82 Å². The van der Waals surface area contributed by atoms with Crippen LogP contribution in [0.5, 0.6) is 0 Å². The van der Waals surface area contributed by atoms with Crippen molar-refractivity contribution in [2.75, 3.05) is 18.0 Å². The normalized spacial score (nSPS) is 18.6. The van der Waals surface area contributed by atoms with Crippen LogP contribution >= 0.6 is 0 Å². The molecule has 1 fully saturated rings. The zero-order chi connectivity index (χ0) is 14.1. The average Bonchev–Trinajstić information content (AvgIpc) is 2.88. The SMILES string of the molecule is Cc1ccc(C)c(-c2ccc(N3CCC(O)C3)nn2)c1. The van der Waals surface area contributed by atoms with Crippen LogP contribution in [0.25, 0.3) is 11.3 Å². The second-order valence-corrected chi connectivity index (χ2v) is 5.48. The molecule has 104 valence electrons. The Balaban J connectivity index is 1.87. The number of aryl methyl sites for hydroxylation is 2. The number of benzene rings is 1. The summed E-state index contributed by atoms with van der Waals surface area (Å²) in [5, 5.41) is 18.2. The van der Waals surface area contributed by atoms with E-state index in [2.05, 4.69) is 47.1 Å². The summed E-state index contributed by atoms with van der Waals surface area (Å²) in [7, 11) is 0. The summed E-state index contributed by atoms with van der Waals surface area (Å²) in [6.45, 7) is 5.66. The minimum atomic E-state index is -0.240. The first-order valence-electron chi connectivity index (χ1n) is 6.98. The molecule has 0 spiro atoms. The molecule has 0 amide bonds. The van der Waals surface area contributed by atoms with Gasteiger partial charge in [0.05, 0.1) is 11.8 Å². The fraction of sp³-hybridized carbons (Fsp3) is 0.375. The van der Waals surface area contributed by atoms with Crippen LogP contribution in [0, 0.1) is 13.8 Å². The molecule has 1 atom stereocenters. The van der Waals surface area contributed by atoms with Crippen molar-refractivity contribution >= 4 is 5.82 Å². The summed E-state index contributed by atoms with van der Waals surface area (Å²) in [4.78, 5) is 2.07. The lowest BCUT2D eigenvalue weighted by molar-refractivity contribution is 0.198. The highest BCUT2D eigenvalue weighted by Gasteiger charge is 2.21. The maximum Gasteiger partial charge on any atom is 0.151 e. The van der Waals surface area contributed by atoms with Gasteiger partial charge in [-0.1, -0.05) is 17.7 Å². The van der Waals surface area contributed by atoms with Crippen molar-refractivity contribution < 1.29 is 5.11 Å².